The van der Waals surface area contributed by atoms with E-state index in [9.17, 15) is 9.59 Å². The summed E-state index contributed by atoms with van der Waals surface area (Å²) in [4.78, 5) is 28.3. The van der Waals surface area contributed by atoms with Crippen molar-refractivity contribution in [1.82, 2.24) is 15.1 Å². The SMILES string of the molecule is CC(c1ccccc1)N(CC1CCC1)C(=O)NC1CCC(=O)N(C)C1. The van der Waals surface area contributed by atoms with Gasteiger partial charge in [-0.05, 0) is 37.7 Å². The number of likely N-dealkylation sites (tertiary alicyclic amines) is 1. The van der Waals surface area contributed by atoms with Crippen molar-refractivity contribution in [3.05, 3.63) is 35.9 Å². The lowest BCUT2D eigenvalue weighted by Crippen LogP contribution is -2.53. The third-order valence-electron chi connectivity index (χ3n) is 5.64. The molecule has 1 aliphatic heterocycles. The molecule has 1 saturated heterocycles. The molecule has 3 rings (SSSR count). The maximum atomic E-state index is 13.0. The molecule has 1 heterocycles. The van der Waals surface area contributed by atoms with Gasteiger partial charge in [-0.3, -0.25) is 4.79 Å². The Hall–Kier alpha value is -2.04. The number of nitrogens with one attached hydrogen (secondary N) is 1. The highest BCUT2D eigenvalue weighted by Gasteiger charge is 2.30. The third-order valence-corrected chi connectivity index (χ3v) is 5.64. The lowest BCUT2D eigenvalue weighted by Gasteiger charge is -2.38. The molecule has 1 aromatic carbocycles. The standard InChI is InChI=1S/C20H29N3O2/c1-15(17-9-4-3-5-10-17)23(13-16-7-6-8-16)20(25)21-18-11-12-19(24)22(2)14-18/h3-5,9-10,15-16,18H,6-8,11-14H2,1-2H3,(H,21,25). The maximum absolute atomic E-state index is 13.0. The van der Waals surface area contributed by atoms with Crippen molar-refractivity contribution in [2.75, 3.05) is 20.1 Å². The predicted molar refractivity (Wildman–Crippen MR) is 98.1 cm³/mol. The van der Waals surface area contributed by atoms with Crippen LogP contribution in [0.4, 0.5) is 4.79 Å². The second-order valence-electron chi connectivity index (χ2n) is 7.50. The minimum absolute atomic E-state index is 0.00370. The fourth-order valence-corrected chi connectivity index (χ4v) is 3.67. The van der Waals surface area contributed by atoms with E-state index in [0.29, 0.717) is 18.9 Å². The molecule has 0 bridgehead atoms. The molecular formula is C20H29N3O2. The molecule has 3 amide bonds. The monoisotopic (exact) mass is 343 g/mol. The first-order valence-electron chi connectivity index (χ1n) is 9.40. The normalized spacial score (nSPS) is 22.2. The Morgan fingerprint density at radius 1 is 1.28 bits per heavy atom. The van der Waals surface area contributed by atoms with E-state index in [-0.39, 0.29) is 24.0 Å². The van der Waals surface area contributed by atoms with Gasteiger partial charge in [0.1, 0.15) is 0 Å². The Labute approximate surface area is 150 Å². The Bertz CT molecular complexity index is 600. The van der Waals surface area contributed by atoms with Crippen LogP contribution in [0.1, 0.15) is 50.6 Å². The van der Waals surface area contributed by atoms with E-state index in [1.165, 1.54) is 19.3 Å². The molecule has 0 aromatic heterocycles. The van der Waals surface area contributed by atoms with E-state index in [0.717, 1.165) is 18.5 Å². The summed E-state index contributed by atoms with van der Waals surface area (Å²) in [6, 6.07) is 10.3. The van der Waals surface area contributed by atoms with Gasteiger partial charge in [0.05, 0.1) is 6.04 Å². The van der Waals surface area contributed by atoms with Gasteiger partial charge in [0.15, 0.2) is 0 Å². The average Bonchev–Trinajstić information content (AvgIpc) is 2.57. The molecule has 0 spiro atoms. The van der Waals surface area contributed by atoms with Crippen molar-refractivity contribution in [1.29, 1.82) is 0 Å². The molecule has 2 fully saturated rings. The van der Waals surface area contributed by atoms with Gasteiger partial charge in [-0.1, -0.05) is 36.8 Å². The highest BCUT2D eigenvalue weighted by atomic mass is 16.2. The molecule has 1 saturated carbocycles. The predicted octanol–water partition coefficient (Wildman–Crippen LogP) is 3.18. The van der Waals surface area contributed by atoms with Crippen molar-refractivity contribution < 1.29 is 9.59 Å². The fraction of sp³-hybridized carbons (Fsp3) is 0.600. The van der Waals surface area contributed by atoms with Gasteiger partial charge in [0, 0.05) is 32.6 Å². The molecule has 2 aliphatic rings. The number of carbonyl (C=O) groups is 2. The summed E-state index contributed by atoms with van der Waals surface area (Å²) in [6.45, 7) is 3.51. The first-order chi connectivity index (χ1) is 12.0. The molecule has 25 heavy (non-hydrogen) atoms. The van der Waals surface area contributed by atoms with Gasteiger partial charge in [-0.15, -0.1) is 0 Å². The summed E-state index contributed by atoms with van der Waals surface area (Å²) in [5.74, 6) is 0.780. The van der Waals surface area contributed by atoms with Crippen LogP contribution >= 0.6 is 0 Å². The molecule has 1 N–H and O–H groups in total. The summed E-state index contributed by atoms with van der Waals surface area (Å²) in [5, 5.41) is 3.17. The van der Waals surface area contributed by atoms with Crippen molar-refractivity contribution in [3.63, 3.8) is 0 Å². The largest absolute Gasteiger partial charge is 0.344 e. The van der Waals surface area contributed by atoms with Crippen LogP contribution in [-0.2, 0) is 4.79 Å². The van der Waals surface area contributed by atoms with Gasteiger partial charge in [0.25, 0.3) is 0 Å². The Morgan fingerprint density at radius 2 is 2.00 bits per heavy atom. The molecular weight excluding hydrogens is 314 g/mol. The second-order valence-corrected chi connectivity index (χ2v) is 7.50. The lowest BCUT2D eigenvalue weighted by molar-refractivity contribution is -0.132. The van der Waals surface area contributed by atoms with Crippen LogP contribution in [0.25, 0.3) is 0 Å². The Balaban J connectivity index is 1.67. The minimum atomic E-state index is -0.00370. The van der Waals surface area contributed by atoms with Crippen LogP contribution in [0, 0.1) is 5.92 Å². The molecule has 2 atom stereocenters. The number of hydrogen-bond acceptors (Lipinski definition) is 2. The summed E-state index contributed by atoms with van der Waals surface area (Å²) in [6.07, 6.45) is 4.94. The summed E-state index contributed by atoms with van der Waals surface area (Å²) in [7, 11) is 1.80. The van der Waals surface area contributed by atoms with Crippen LogP contribution in [0.5, 0.6) is 0 Å². The van der Waals surface area contributed by atoms with E-state index in [2.05, 4.69) is 24.4 Å². The smallest absolute Gasteiger partial charge is 0.318 e. The van der Waals surface area contributed by atoms with Crippen LogP contribution in [0.3, 0.4) is 0 Å². The number of hydrogen-bond donors (Lipinski definition) is 1. The van der Waals surface area contributed by atoms with Gasteiger partial charge < -0.3 is 15.1 Å². The van der Waals surface area contributed by atoms with Crippen molar-refractivity contribution >= 4 is 11.9 Å². The number of urea groups is 1. The molecule has 1 aromatic rings. The van der Waals surface area contributed by atoms with Gasteiger partial charge in [-0.25, -0.2) is 4.79 Å². The summed E-state index contributed by atoms with van der Waals surface area (Å²) < 4.78 is 0. The summed E-state index contributed by atoms with van der Waals surface area (Å²) in [5.41, 5.74) is 1.16. The maximum Gasteiger partial charge on any atom is 0.318 e. The van der Waals surface area contributed by atoms with Crippen LogP contribution < -0.4 is 5.32 Å². The minimum Gasteiger partial charge on any atom is -0.344 e. The zero-order chi connectivity index (χ0) is 17.8. The van der Waals surface area contributed by atoms with Crippen molar-refractivity contribution in [3.8, 4) is 0 Å². The zero-order valence-corrected chi connectivity index (χ0v) is 15.3. The van der Waals surface area contributed by atoms with Gasteiger partial charge in [0.2, 0.25) is 5.91 Å². The molecule has 136 valence electrons. The number of nitrogens with zero attached hydrogens (tertiary/aromatic N) is 2. The van der Waals surface area contributed by atoms with Crippen LogP contribution in [0.15, 0.2) is 30.3 Å². The number of piperidine rings is 1. The lowest BCUT2D eigenvalue weighted by atomic mass is 9.84. The van der Waals surface area contributed by atoms with E-state index in [1.54, 1.807) is 11.9 Å². The van der Waals surface area contributed by atoms with Crippen molar-refractivity contribution in [2.24, 2.45) is 5.92 Å². The van der Waals surface area contributed by atoms with Crippen molar-refractivity contribution in [2.45, 2.75) is 51.1 Å². The zero-order valence-electron chi connectivity index (χ0n) is 15.3. The second kappa shape index (κ2) is 7.89. The van der Waals surface area contributed by atoms with E-state index in [4.69, 9.17) is 0 Å². The number of amides is 3. The molecule has 0 radical (unpaired) electrons. The molecule has 1 aliphatic carbocycles. The van der Waals surface area contributed by atoms with Crippen LogP contribution in [-0.4, -0.2) is 47.9 Å². The van der Waals surface area contributed by atoms with Gasteiger partial charge in [-0.2, -0.15) is 0 Å². The van der Waals surface area contributed by atoms with E-state index in [1.807, 2.05) is 23.1 Å². The number of carbonyl (C=O) groups excluding carboxylic acids is 2. The van der Waals surface area contributed by atoms with E-state index >= 15 is 0 Å². The fourth-order valence-electron chi connectivity index (χ4n) is 3.67. The Morgan fingerprint density at radius 3 is 2.60 bits per heavy atom. The topological polar surface area (TPSA) is 52.7 Å². The number of benzene rings is 1. The van der Waals surface area contributed by atoms with Gasteiger partial charge >= 0.3 is 6.03 Å². The summed E-state index contributed by atoms with van der Waals surface area (Å²) >= 11 is 0. The molecule has 5 nitrogen and oxygen atoms in total. The molecule has 2 unspecified atom stereocenters. The number of rotatable bonds is 5. The molecule has 5 heteroatoms. The highest BCUT2D eigenvalue weighted by molar-refractivity contribution is 5.78. The average molecular weight is 343 g/mol. The van der Waals surface area contributed by atoms with E-state index < -0.39 is 0 Å². The third kappa shape index (κ3) is 4.33. The first-order valence-corrected chi connectivity index (χ1v) is 9.40. The van der Waals surface area contributed by atoms with Crippen LogP contribution in [0.2, 0.25) is 0 Å². The number of likely N-dealkylation sites (N-methyl/N-ethyl adjacent to an activating group) is 1. The Kier molecular flexibility index (Phi) is 5.61. The highest BCUT2D eigenvalue weighted by Crippen LogP contribution is 2.30. The quantitative estimate of drug-likeness (QED) is 0.893. The first kappa shape index (κ1) is 17.8.